The average Bonchev–Trinajstić information content (AvgIpc) is 3.02. The standard InChI is InChI=1S/C24H30N6O/c1-3-18(2)16-26-24(31)30-13-11-29(12-14-30)17-19-8-9-20-22(15-19)28-23(27-20)21-7-5-4-6-10-25-21/h3-5,7-10,15H,6,11-14,16-17H2,1-2H3,(H,26,31)(H,27,28)/b18-3+. The number of carbonyl (C=O) groups is 1. The molecule has 1 saturated heterocycles. The molecule has 2 aliphatic heterocycles. The number of hydrogen-bond donors (Lipinski definition) is 2. The number of aliphatic imine (C=N–C) groups is 1. The lowest BCUT2D eigenvalue weighted by atomic mass is 10.1. The summed E-state index contributed by atoms with van der Waals surface area (Å²) in [5.74, 6) is 0.794. The van der Waals surface area contributed by atoms with Crippen LogP contribution in [0.4, 0.5) is 4.79 Å². The summed E-state index contributed by atoms with van der Waals surface area (Å²) in [5, 5.41) is 2.99. The summed E-state index contributed by atoms with van der Waals surface area (Å²) in [6.07, 6.45) is 10.8. The molecular formula is C24H30N6O. The van der Waals surface area contributed by atoms with Crippen molar-refractivity contribution in [2.24, 2.45) is 4.99 Å². The molecule has 0 unspecified atom stereocenters. The Labute approximate surface area is 183 Å². The normalized spacial score (nSPS) is 17.7. The Morgan fingerprint density at radius 3 is 2.90 bits per heavy atom. The molecule has 1 aromatic heterocycles. The quantitative estimate of drug-likeness (QED) is 0.727. The number of benzene rings is 1. The second kappa shape index (κ2) is 9.75. The van der Waals surface area contributed by atoms with Crippen molar-refractivity contribution in [1.82, 2.24) is 25.1 Å². The third-order valence-corrected chi connectivity index (χ3v) is 5.73. The highest BCUT2D eigenvalue weighted by Crippen LogP contribution is 2.21. The molecule has 2 aromatic rings. The van der Waals surface area contributed by atoms with Crippen LogP contribution in [0, 0.1) is 0 Å². The zero-order chi connectivity index (χ0) is 21.6. The lowest BCUT2D eigenvalue weighted by Crippen LogP contribution is -2.51. The van der Waals surface area contributed by atoms with Gasteiger partial charge in [-0.15, -0.1) is 0 Å². The van der Waals surface area contributed by atoms with Gasteiger partial charge in [-0.3, -0.25) is 9.89 Å². The van der Waals surface area contributed by atoms with Crippen LogP contribution in [0.3, 0.4) is 0 Å². The summed E-state index contributed by atoms with van der Waals surface area (Å²) in [5.41, 5.74) is 5.23. The summed E-state index contributed by atoms with van der Waals surface area (Å²) in [4.78, 5) is 29.2. The van der Waals surface area contributed by atoms with E-state index >= 15 is 0 Å². The Morgan fingerprint density at radius 2 is 2.10 bits per heavy atom. The van der Waals surface area contributed by atoms with Crippen molar-refractivity contribution in [2.75, 3.05) is 32.7 Å². The van der Waals surface area contributed by atoms with E-state index in [1.54, 1.807) is 0 Å². The van der Waals surface area contributed by atoms with Crippen molar-refractivity contribution in [3.8, 4) is 0 Å². The minimum Gasteiger partial charge on any atom is -0.337 e. The molecule has 0 bridgehead atoms. The predicted molar refractivity (Wildman–Crippen MR) is 126 cm³/mol. The molecule has 2 N–H and O–H groups in total. The number of H-pyrrole nitrogens is 1. The van der Waals surface area contributed by atoms with Gasteiger partial charge in [0.1, 0.15) is 5.70 Å². The van der Waals surface area contributed by atoms with Gasteiger partial charge in [0.25, 0.3) is 0 Å². The summed E-state index contributed by atoms with van der Waals surface area (Å²) < 4.78 is 0. The number of rotatable bonds is 5. The minimum absolute atomic E-state index is 0.0255. The fourth-order valence-electron chi connectivity index (χ4n) is 3.71. The monoisotopic (exact) mass is 418 g/mol. The van der Waals surface area contributed by atoms with Crippen molar-refractivity contribution in [2.45, 2.75) is 26.8 Å². The lowest BCUT2D eigenvalue weighted by Gasteiger charge is -2.34. The summed E-state index contributed by atoms with van der Waals surface area (Å²) in [6, 6.07) is 6.39. The number of nitrogens with one attached hydrogen (secondary N) is 2. The van der Waals surface area contributed by atoms with E-state index in [2.05, 4.69) is 44.5 Å². The van der Waals surface area contributed by atoms with E-state index < -0.39 is 0 Å². The van der Waals surface area contributed by atoms with Gasteiger partial charge in [0.15, 0.2) is 5.82 Å². The van der Waals surface area contributed by atoms with Crippen LogP contribution in [-0.2, 0) is 6.54 Å². The second-order valence-corrected chi connectivity index (χ2v) is 8.02. The highest BCUT2D eigenvalue weighted by molar-refractivity contribution is 5.81. The molecule has 3 heterocycles. The van der Waals surface area contributed by atoms with Gasteiger partial charge in [-0.25, -0.2) is 9.78 Å². The van der Waals surface area contributed by atoms with Gasteiger partial charge in [-0.2, -0.15) is 0 Å². The van der Waals surface area contributed by atoms with E-state index in [1.165, 1.54) is 11.1 Å². The first-order valence-electron chi connectivity index (χ1n) is 10.9. The van der Waals surface area contributed by atoms with E-state index in [4.69, 9.17) is 4.98 Å². The Kier molecular flexibility index (Phi) is 6.62. The first-order valence-corrected chi connectivity index (χ1v) is 10.9. The molecule has 1 fully saturated rings. The van der Waals surface area contributed by atoms with Crippen molar-refractivity contribution in [3.63, 3.8) is 0 Å². The molecule has 162 valence electrons. The van der Waals surface area contributed by atoms with Crippen LogP contribution >= 0.6 is 0 Å². The topological polar surface area (TPSA) is 76.6 Å². The molecule has 7 heteroatoms. The van der Waals surface area contributed by atoms with Gasteiger partial charge in [0.05, 0.1) is 11.0 Å². The van der Waals surface area contributed by atoms with Gasteiger partial charge in [0.2, 0.25) is 0 Å². The van der Waals surface area contributed by atoms with Gasteiger partial charge in [-0.1, -0.05) is 29.9 Å². The van der Waals surface area contributed by atoms with E-state index in [0.717, 1.165) is 61.7 Å². The predicted octanol–water partition coefficient (Wildman–Crippen LogP) is 3.73. The molecular weight excluding hydrogens is 388 g/mol. The van der Waals surface area contributed by atoms with Crippen molar-refractivity contribution in [3.05, 3.63) is 59.5 Å². The van der Waals surface area contributed by atoms with Gasteiger partial charge >= 0.3 is 6.03 Å². The number of piperazine rings is 1. The molecule has 0 spiro atoms. The van der Waals surface area contributed by atoms with Crippen LogP contribution in [0.25, 0.3) is 16.7 Å². The maximum Gasteiger partial charge on any atom is 0.317 e. The van der Waals surface area contributed by atoms with E-state index in [1.807, 2.05) is 43.2 Å². The molecule has 1 aromatic carbocycles. The number of imidazole rings is 1. The number of hydrogen-bond acceptors (Lipinski definition) is 4. The Hall–Kier alpha value is -3.19. The maximum atomic E-state index is 12.3. The third-order valence-electron chi connectivity index (χ3n) is 5.73. The maximum absolute atomic E-state index is 12.3. The molecule has 0 radical (unpaired) electrons. The second-order valence-electron chi connectivity index (χ2n) is 8.02. The van der Waals surface area contributed by atoms with E-state index in [9.17, 15) is 4.79 Å². The summed E-state index contributed by atoms with van der Waals surface area (Å²) in [7, 11) is 0. The minimum atomic E-state index is 0.0255. The Morgan fingerprint density at radius 1 is 1.26 bits per heavy atom. The Balaban J connectivity index is 1.35. The molecule has 4 rings (SSSR count). The summed E-state index contributed by atoms with van der Waals surface area (Å²) in [6.45, 7) is 8.72. The smallest absolute Gasteiger partial charge is 0.317 e. The highest BCUT2D eigenvalue weighted by atomic mass is 16.2. The number of nitrogens with zero attached hydrogens (tertiary/aromatic N) is 4. The number of fused-ring (bicyclic) bond motifs is 1. The Bertz CT molecular complexity index is 1050. The zero-order valence-electron chi connectivity index (χ0n) is 18.3. The van der Waals surface area contributed by atoms with Crippen LogP contribution in [0.2, 0.25) is 0 Å². The first-order chi connectivity index (χ1) is 15.1. The highest BCUT2D eigenvalue weighted by Gasteiger charge is 2.21. The van der Waals surface area contributed by atoms with Gasteiger partial charge < -0.3 is 15.2 Å². The largest absolute Gasteiger partial charge is 0.337 e. The van der Waals surface area contributed by atoms with Gasteiger partial charge in [0, 0.05) is 51.9 Å². The molecule has 31 heavy (non-hydrogen) atoms. The number of amides is 2. The number of aromatic amines is 1. The third kappa shape index (κ3) is 5.30. The molecule has 2 amide bonds. The first kappa shape index (κ1) is 21.1. The number of allylic oxidation sites excluding steroid dienone is 4. The fourth-order valence-corrected chi connectivity index (χ4v) is 3.71. The van der Waals surface area contributed by atoms with Crippen molar-refractivity contribution in [1.29, 1.82) is 0 Å². The van der Waals surface area contributed by atoms with Crippen LogP contribution in [-0.4, -0.2) is 64.7 Å². The lowest BCUT2D eigenvalue weighted by molar-refractivity contribution is 0.136. The SMILES string of the molecule is C/C=C(\C)CNC(=O)N1CCN(Cc2ccc3nc(C4=CC=CCC=N4)[nH]c3c2)CC1. The number of aromatic nitrogens is 2. The number of carbonyl (C=O) groups excluding carboxylic acids is 1. The van der Waals surface area contributed by atoms with E-state index in [0.29, 0.717) is 6.54 Å². The van der Waals surface area contributed by atoms with Crippen LogP contribution in [0.5, 0.6) is 0 Å². The molecule has 2 aliphatic rings. The summed E-state index contributed by atoms with van der Waals surface area (Å²) >= 11 is 0. The molecule has 0 saturated carbocycles. The van der Waals surface area contributed by atoms with Crippen LogP contribution < -0.4 is 5.32 Å². The average molecular weight is 419 g/mol. The zero-order valence-corrected chi connectivity index (χ0v) is 18.3. The van der Waals surface area contributed by atoms with Crippen molar-refractivity contribution < 1.29 is 4.79 Å². The molecule has 7 nitrogen and oxygen atoms in total. The molecule has 0 aliphatic carbocycles. The van der Waals surface area contributed by atoms with Crippen molar-refractivity contribution >= 4 is 29.0 Å². The van der Waals surface area contributed by atoms with Gasteiger partial charge in [-0.05, 0) is 37.6 Å². The molecule has 0 atom stereocenters. The van der Waals surface area contributed by atoms with Crippen LogP contribution in [0.15, 0.2) is 53.1 Å². The van der Waals surface area contributed by atoms with E-state index in [-0.39, 0.29) is 6.03 Å². The number of urea groups is 1. The van der Waals surface area contributed by atoms with Crippen LogP contribution in [0.1, 0.15) is 31.7 Å². The fraction of sp³-hybridized carbons (Fsp3) is 0.375.